The van der Waals surface area contributed by atoms with Gasteiger partial charge in [-0.1, -0.05) is 49.1 Å². The maximum atomic E-state index is 5.54. The summed E-state index contributed by atoms with van der Waals surface area (Å²) in [5, 5.41) is 3.43. The lowest BCUT2D eigenvalue weighted by Gasteiger charge is -2.06. The van der Waals surface area contributed by atoms with Crippen molar-refractivity contribution in [2.24, 2.45) is 0 Å². The molecule has 0 bridgehead atoms. The third-order valence-electron chi connectivity index (χ3n) is 2.85. The van der Waals surface area contributed by atoms with Crippen LogP contribution in [0.2, 0.25) is 0 Å². The zero-order valence-corrected chi connectivity index (χ0v) is 10.8. The molecule has 1 aliphatic rings. The highest BCUT2D eigenvalue weighted by molar-refractivity contribution is 5.48. The molecule has 0 radical (unpaired) electrons. The first-order chi connectivity index (χ1) is 8.84. The molecular weight excluding hydrogens is 222 g/mol. The summed E-state index contributed by atoms with van der Waals surface area (Å²) in [6.45, 7) is 6.15. The normalized spacial score (nSPS) is 15.1. The van der Waals surface area contributed by atoms with Crippen molar-refractivity contribution >= 4 is 6.08 Å². The summed E-state index contributed by atoms with van der Waals surface area (Å²) in [6, 6.07) is 11.0. The van der Waals surface area contributed by atoms with Crippen molar-refractivity contribution in [2.75, 3.05) is 19.8 Å². The molecule has 2 heteroatoms. The Kier molecular flexibility index (Phi) is 5.18. The van der Waals surface area contributed by atoms with E-state index >= 15 is 0 Å². The van der Waals surface area contributed by atoms with Crippen LogP contribution in [0.25, 0.3) is 6.08 Å². The Bertz CT molecular complexity index is 393. The fraction of sp³-hybridized carbons (Fsp3) is 0.375. The summed E-state index contributed by atoms with van der Waals surface area (Å²) in [4.78, 5) is 0. The maximum Gasteiger partial charge on any atom is 0.0690 e. The minimum Gasteiger partial charge on any atom is -0.373 e. The van der Waals surface area contributed by atoms with Crippen LogP contribution in [0.15, 0.2) is 48.6 Å². The second kappa shape index (κ2) is 7.14. The van der Waals surface area contributed by atoms with Crippen LogP contribution in [0.4, 0.5) is 0 Å². The minimum absolute atomic E-state index is 0.636. The molecular formula is C16H21NO. The number of hydrogen-bond donors (Lipinski definition) is 1. The summed E-state index contributed by atoms with van der Waals surface area (Å²) in [7, 11) is 0. The average molecular weight is 243 g/mol. The van der Waals surface area contributed by atoms with Gasteiger partial charge in [-0.15, -0.1) is 0 Å². The van der Waals surface area contributed by atoms with Crippen LogP contribution in [-0.4, -0.2) is 25.8 Å². The zero-order chi connectivity index (χ0) is 12.6. The van der Waals surface area contributed by atoms with E-state index in [0.717, 1.165) is 18.2 Å². The molecule has 1 aliphatic carbocycles. The first-order valence-corrected chi connectivity index (χ1v) is 6.54. The highest BCUT2D eigenvalue weighted by Crippen LogP contribution is 2.18. The molecule has 1 fully saturated rings. The Hall–Kier alpha value is -1.38. The molecule has 1 aromatic carbocycles. The van der Waals surface area contributed by atoms with Crippen LogP contribution >= 0.6 is 0 Å². The number of ether oxygens (including phenoxy) is 1. The van der Waals surface area contributed by atoms with E-state index in [4.69, 9.17) is 4.74 Å². The first-order valence-electron chi connectivity index (χ1n) is 6.54. The Morgan fingerprint density at radius 1 is 1.33 bits per heavy atom. The van der Waals surface area contributed by atoms with Gasteiger partial charge in [0, 0.05) is 12.6 Å². The SMILES string of the molecule is C=C(CNC1CC1)COC/C=C/c1ccccc1. The van der Waals surface area contributed by atoms with Crippen molar-refractivity contribution in [3.8, 4) is 0 Å². The van der Waals surface area contributed by atoms with Gasteiger partial charge in [-0.2, -0.15) is 0 Å². The van der Waals surface area contributed by atoms with Crippen molar-refractivity contribution < 1.29 is 4.74 Å². The molecule has 0 aromatic heterocycles. The van der Waals surface area contributed by atoms with Gasteiger partial charge < -0.3 is 10.1 Å². The van der Waals surface area contributed by atoms with E-state index < -0.39 is 0 Å². The minimum atomic E-state index is 0.636. The molecule has 2 nitrogen and oxygen atoms in total. The van der Waals surface area contributed by atoms with Crippen molar-refractivity contribution in [1.82, 2.24) is 5.32 Å². The number of rotatable bonds is 8. The monoisotopic (exact) mass is 243 g/mol. The molecule has 0 aliphatic heterocycles. The largest absolute Gasteiger partial charge is 0.373 e. The second-order valence-electron chi connectivity index (χ2n) is 4.73. The predicted molar refractivity (Wildman–Crippen MR) is 76.5 cm³/mol. The Morgan fingerprint density at radius 2 is 2.11 bits per heavy atom. The summed E-state index contributed by atoms with van der Waals surface area (Å²) in [5.41, 5.74) is 2.32. The van der Waals surface area contributed by atoms with E-state index in [1.165, 1.54) is 18.4 Å². The Balaban J connectivity index is 1.54. The average Bonchev–Trinajstić information content (AvgIpc) is 3.21. The second-order valence-corrected chi connectivity index (χ2v) is 4.73. The van der Waals surface area contributed by atoms with E-state index in [1.807, 2.05) is 24.3 Å². The number of hydrogen-bond acceptors (Lipinski definition) is 2. The Morgan fingerprint density at radius 3 is 2.83 bits per heavy atom. The van der Waals surface area contributed by atoms with E-state index in [2.05, 4.69) is 30.1 Å². The summed E-state index contributed by atoms with van der Waals surface area (Å²) >= 11 is 0. The standard InChI is InChI=1S/C16H21NO/c1-14(12-17-16-9-10-16)13-18-11-5-8-15-6-3-2-4-7-15/h2-8,16-17H,1,9-13H2/b8-5+. The van der Waals surface area contributed by atoms with Crippen LogP contribution in [0.3, 0.4) is 0 Å². The van der Waals surface area contributed by atoms with Gasteiger partial charge >= 0.3 is 0 Å². The van der Waals surface area contributed by atoms with Crippen LogP contribution in [0, 0.1) is 0 Å². The van der Waals surface area contributed by atoms with Gasteiger partial charge in [-0.05, 0) is 24.0 Å². The van der Waals surface area contributed by atoms with E-state index in [1.54, 1.807) is 0 Å². The topological polar surface area (TPSA) is 21.3 Å². The molecule has 96 valence electrons. The van der Waals surface area contributed by atoms with Crippen molar-refractivity contribution in [2.45, 2.75) is 18.9 Å². The van der Waals surface area contributed by atoms with Gasteiger partial charge in [0.15, 0.2) is 0 Å². The molecule has 0 heterocycles. The van der Waals surface area contributed by atoms with E-state index in [0.29, 0.717) is 13.2 Å². The molecule has 0 atom stereocenters. The highest BCUT2D eigenvalue weighted by atomic mass is 16.5. The molecule has 1 N–H and O–H groups in total. The van der Waals surface area contributed by atoms with Gasteiger partial charge in [0.25, 0.3) is 0 Å². The summed E-state index contributed by atoms with van der Waals surface area (Å²) < 4.78 is 5.54. The predicted octanol–water partition coefficient (Wildman–Crippen LogP) is 3.02. The number of nitrogens with one attached hydrogen (secondary N) is 1. The summed E-state index contributed by atoms with van der Waals surface area (Å²) in [6.07, 6.45) is 6.74. The molecule has 2 rings (SSSR count). The van der Waals surface area contributed by atoms with Crippen LogP contribution in [-0.2, 0) is 4.74 Å². The van der Waals surface area contributed by atoms with Crippen LogP contribution < -0.4 is 5.32 Å². The molecule has 18 heavy (non-hydrogen) atoms. The highest BCUT2D eigenvalue weighted by Gasteiger charge is 2.19. The molecule has 0 spiro atoms. The zero-order valence-electron chi connectivity index (χ0n) is 10.8. The lowest BCUT2D eigenvalue weighted by molar-refractivity contribution is 0.186. The van der Waals surface area contributed by atoms with Crippen LogP contribution in [0.5, 0.6) is 0 Å². The fourth-order valence-corrected chi connectivity index (χ4v) is 1.65. The maximum absolute atomic E-state index is 5.54. The molecule has 0 unspecified atom stereocenters. The van der Waals surface area contributed by atoms with Gasteiger partial charge in [-0.25, -0.2) is 0 Å². The summed E-state index contributed by atoms with van der Waals surface area (Å²) in [5.74, 6) is 0. The van der Waals surface area contributed by atoms with Crippen LogP contribution in [0.1, 0.15) is 18.4 Å². The third kappa shape index (κ3) is 5.30. The quantitative estimate of drug-likeness (QED) is 0.560. The van der Waals surface area contributed by atoms with Gasteiger partial charge in [0.1, 0.15) is 0 Å². The van der Waals surface area contributed by atoms with Crippen molar-refractivity contribution in [3.05, 3.63) is 54.1 Å². The van der Waals surface area contributed by atoms with Gasteiger partial charge in [0.2, 0.25) is 0 Å². The lowest BCUT2D eigenvalue weighted by atomic mass is 10.2. The van der Waals surface area contributed by atoms with Gasteiger partial charge in [0.05, 0.1) is 13.2 Å². The van der Waals surface area contributed by atoms with Gasteiger partial charge in [-0.3, -0.25) is 0 Å². The smallest absolute Gasteiger partial charge is 0.0690 e. The fourth-order valence-electron chi connectivity index (χ4n) is 1.65. The third-order valence-corrected chi connectivity index (χ3v) is 2.85. The molecule has 0 saturated heterocycles. The van der Waals surface area contributed by atoms with E-state index in [9.17, 15) is 0 Å². The molecule has 1 saturated carbocycles. The molecule has 0 amide bonds. The van der Waals surface area contributed by atoms with Crippen molar-refractivity contribution in [1.29, 1.82) is 0 Å². The van der Waals surface area contributed by atoms with Crippen molar-refractivity contribution in [3.63, 3.8) is 0 Å². The lowest BCUT2D eigenvalue weighted by Crippen LogP contribution is -2.20. The first kappa shape index (κ1) is 13.1. The molecule has 1 aromatic rings. The van der Waals surface area contributed by atoms with E-state index in [-0.39, 0.29) is 0 Å². The Labute approximate surface area is 109 Å². The number of benzene rings is 1.